The van der Waals surface area contributed by atoms with Gasteiger partial charge >= 0.3 is 30.3 Å². The first-order valence-electron chi connectivity index (χ1n) is 19.8. The van der Waals surface area contributed by atoms with Gasteiger partial charge < -0.3 is 23.8 Å². The van der Waals surface area contributed by atoms with Crippen LogP contribution >= 0.6 is 11.6 Å². The maximum atomic E-state index is 13.6. The van der Waals surface area contributed by atoms with E-state index in [2.05, 4.69) is 48.5 Å². The van der Waals surface area contributed by atoms with Gasteiger partial charge in [-0.1, -0.05) is 62.7 Å². The van der Waals surface area contributed by atoms with Crippen LogP contribution in [0.5, 0.6) is 5.75 Å². The van der Waals surface area contributed by atoms with E-state index in [1.807, 2.05) is 12.1 Å². The van der Waals surface area contributed by atoms with Crippen LogP contribution in [0, 0.1) is 5.41 Å². The summed E-state index contributed by atoms with van der Waals surface area (Å²) in [7, 11) is 0. The van der Waals surface area contributed by atoms with E-state index >= 15 is 0 Å². The molecule has 0 heterocycles. The van der Waals surface area contributed by atoms with E-state index in [0.717, 1.165) is 17.5 Å². The molecule has 3 rings (SSSR count). The molecule has 0 spiro atoms. The molecule has 0 radical (unpaired) electrons. The second kappa shape index (κ2) is 22.7. The number of amides is 3. The zero-order valence-electron chi connectivity index (χ0n) is 37.6. The predicted octanol–water partition coefficient (Wildman–Crippen LogP) is 8.90. The topological polar surface area (TPSA) is 196 Å². The summed E-state index contributed by atoms with van der Waals surface area (Å²) in [5.74, 6) is -1.49. The van der Waals surface area contributed by atoms with Crippen molar-refractivity contribution in [1.29, 1.82) is 0 Å². The molecule has 15 nitrogen and oxygen atoms in total. The minimum absolute atomic E-state index is 0.0699. The molecule has 0 aliphatic heterocycles. The van der Waals surface area contributed by atoms with Crippen molar-refractivity contribution in [2.75, 3.05) is 6.54 Å². The molecular formula is C46H59ClN4O11. The summed E-state index contributed by atoms with van der Waals surface area (Å²) in [6, 6.07) is 18.7. The Kier molecular flexibility index (Phi) is 19.1. The molecule has 2 N–H and O–H groups in total. The van der Waals surface area contributed by atoms with E-state index in [4.69, 9.17) is 40.1 Å². The van der Waals surface area contributed by atoms with Gasteiger partial charge in [0.25, 0.3) is 0 Å². The number of hydrogen-bond acceptors (Lipinski definition) is 12. The smallest absolute Gasteiger partial charge is 0.414 e. The van der Waals surface area contributed by atoms with E-state index in [1.54, 1.807) is 74.4 Å². The lowest BCUT2D eigenvalue weighted by atomic mass is 9.88. The lowest BCUT2D eigenvalue weighted by molar-refractivity contribution is -0.191. The van der Waals surface area contributed by atoms with Gasteiger partial charge in [0.05, 0.1) is 11.3 Å². The number of carbonyl (C=O) groups is 5. The number of nitrogens with zero attached hydrogens (tertiary/aromatic N) is 2. The Morgan fingerprint density at radius 3 is 1.74 bits per heavy atom. The number of halogens is 1. The number of guanidine groups is 1. The van der Waals surface area contributed by atoms with Crippen molar-refractivity contribution in [3.8, 4) is 5.75 Å². The highest BCUT2D eigenvalue weighted by atomic mass is 35.5. The molecule has 0 saturated heterocycles. The number of hydrogen-bond donors (Lipinski definition) is 2. The van der Waals surface area contributed by atoms with Crippen molar-refractivity contribution in [1.82, 2.24) is 15.5 Å². The largest absolute Gasteiger partial charge is 0.459 e. The van der Waals surface area contributed by atoms with Crippen LogP contribution in [-0.2, 0) is 52.8 Å². The zero-order valence-corrected chi connectivity index (χ0v) is 38.4. The highest BCUT2D eigenvalue weighted by Crippen LogP contribution is 2.26. The highest BCUT2D eigenvalue weighted by Gasteiger charge is 2.24. The maximum absolute atomic E-state index is 13.6. The molecule has 3 aromatic rings. The standard InChI is InChI=1S/C45H59ClN4O9.CO2/c1-42(2,3)26-29-14-13-15-30(24-29)27-50(28-37(52)57-43(4,5)6)36(51)23-19-31-18-22-34(25-35(31)46)56-38(53)32-16-20-33(21-17-32)47-39(48-40(54)58-44(7,8)9)49-41(55)59-45(10,11)12;2-1-3/h13-18,20-22,24-25H,19,23,26-28H2,1-12H3,(H2,47,48,49,54,55);. The van der Waals surface area contributed by atoms with Crippen LogP contribution in [-0.4, -0.2) is 70.4 Å². The average Bonchev–Trinajstić information content (AvgIpc) is 3.08. The first kappa shape index (κ1) is 52.1. The normalized spacial score (nSPS) is 11.4. The van der Waals surface area contributed by atoms with Gasteiger partial charge in [-0.05, 0) is 134 Å². The van der Waals surface area contributed by atoms with Crippen molar-refractivity contribution >= 4 is 59.4 Å². The van der Waals surface area contributed by atoms with E-state index in [9.17, 15) is 24.0 Å². The molecule has 62 heavy (non-hydrogen) atoms. The zero-order chi connectivity index (χ0) is 47.1. The number of carbonyl (C=O) groups excluding carboxylic acids is 7. The summed E-state index contributed by atoms with van der Waals surface area (Å²) < 4.78 is 21.7. The third kappa shape index (κ3) is 21.5. The average molecular weight is 879 g/mol. The second-order valence-electron chi connectivity index (χ2n) is 18.4. The Morgan fingerprint density at radius 2 is 1.24 bits per heavy atom. The van der Waals surface area contributed by atoms with Gasteiger partial charge in [-0.15, -0.1) is 0 Å². The van der Waals surface area contributed by atoms with Gasteiger partial charge in [0.2, 0.25) is 11.9 Å². The van der Waals surface area contributed by atoms with Gasteiger partial charge in [0.15, 0.2) is 0 Å². The molecule has 0 aromatic heterocycles. The molecule has 3 amide bonds. The van der Waals surface area contributed by atoms with Crippen LogP contribution in [0.1, 0.15) is 117 Å². The molecule has 0 aliphatic rings. The van der Waals surface area contributed by atoms with Crippen LogP contribution in [0.2, 0.25) is 5.02 Å². The Hall–Kier alpha value is -6.05. The fraction of sp³-hybridized carbons (Fsp3) is 0.457. The van der Waals surface area contributed by atoms with Crippen LogP contribution in [0.3, 0.4) is 0 Å². The Morgan fingerprint density at radius 1 is 0.710 bits per heavy atom. The summed E-state index contributed by atoms with van der Waals surface area (Å²) in [5.41, 5.74) is 0.939. The summed E-state index contributed by atoms with van der Waals surface area (Å²) in [4.78, 5) is 86.5. The van der Waals surface area contributed by atoms with E-state index in [0.29, 0.717) is 10.6 Å². The molecule has 0 atom stereocenters. The number of aliphatic imine (C=N–C) groups is 1. The van der Waals surface area contributed by atoms with Crippen molar-refractivity contribution in [2.24, 2.45) is 10.4 Å². The minimum Gasteiger partial charge on any atom is -0.459 e. The maximum Gasteiger partial charge on any atom is 0.414 e. The van der Waals surface area contributed by atoms with Crippen LogP contribution in [0.15, 0.2) is 71.7 Å². The first-order valence-corrected chi connectivity index (χ1v) is 20.2. The lowest BCUT2D eigenvalue weighted by Crippen LogP contribution is -2.47. The van der Waals surface area contributed by atoms with Gasteiger partial charge in [-0.3, -0.25) is 20.2 Å². The van der Waals surface area contributed by atoms with Crippen molar-refractivity contribution in [3.63, 3.8) is 0 Å². The van der Waals surface area contributed by atoms with Crippen LogP contribution in [0.25, 0.3) is 0 Å². The van der Waals surface area contributed by atoms with Crippen molar-refractivity contribution < 1.29 is 52.5 Å². The third-order valence-corrected chi connectivity index (χ3v) is 7.97. The van der Waals surface area contributed by atoms with Gasteiger partial charge in [-0.25, -0.2) is 19.4 Å². The molecule has 336 valence electrons. The van der Waals surface area contributed by atoms with Crippen molar-refractivity contribution in [3.05, 3.63) is 94.0 Å². The molecule has 16 heteroatoms. The highest BCUT2D eigenvalue weighted by molar-refractivity contribution is 6.31. The van der Waals surface area contributed by atoms with Crippen LogP contribution < -0.4 is 15.4 Å². The summed E-state index contributed by atoms with van der Waals surface area (Å²) in [6.07, 6.45) is -0.245. The van der Waals surface area contributed by atoms with E-state index < -0.39 is 40.9 Å². The third-order valence-electron chi connectivity index (χ3n) is 7.62. The molecule has 0 unspecified atom stereocenters. The summed E-state index contributed by atoms with van der Waals surface area (Å²) >= 11 is 6.61. The number of ether oxygens (including phenoxy) is 4. The van der Waals surface area contributed by atoms with Gasteiger partial charge in [0.1, 0.15) is 29.1 Å². The predicted molar refractivity (Wildman–Crippen MR) is 233 cm³/mol. The Balaban J connectivity index is 0.00000428. The lowest BCUT2D eigenvalue weighted by Gasteiger charge is -2.26. The van der Waals surface area contributed by atoms with Gasteiger partial charge in [0, 0.05) is 18.0 Å². The number of esters is 2. The summed E-state index contributed by atoms with van der Waals surface area (Å²) in [6.45, 7) is 22.0. The quantitative estimate of drug-likeness (QED) is 0.0614. The minimum atomic E-state index is -0.850. The number of aryl methyl sites for hydroxylation is 1. The Bertz CT molecular complexity index is 2070. The molecular weight excluding hydrogens is 820 g/mol. The van der Waals surface area contributed by atoms with Gasteiger partial charge in [-0.2, -0.15) is 9.59 Å². The monoisotopic (exact) mass is 878 g/mol. The number of rotatable bonds is 11. The molecule has 0 fully saturated rings. The molecule has 0 saturated carbocycles. The second-order valence-corrected chi connectivity index (χ2v) is 18.8. The van der Waals surface area contributed by atoms with E-state index in [-0.39, 0.29) is 66.4 Å². The SMILES string of the molecule is CC(C)(C)Cc1cccc(CN(CC(=O)OC(C)(C)C)C(=O)CCc2ccc(OC(=O)c3ccc(N=C(NC(=O)OC(C)(C)C)NC(=O)OC(C)(C)C)cc3)cc2Cl)c1.O=C=O. The summed E-state index contributed by atoms with van der Waals surface area (Å²) in [5, 5.41) is 5.10. The Labute approximate surface area is 368 Å². The van der Waals surface area contributed by atoms with E-state index in [1.165, 1.54) is 35.2 Å². The van der Waals surface area contributed by atoms with Crippen LogP contribution in [0.4, 0.5) is 15.3 Å². The fourth-order valence-corrected chi connectivity index (χ4v) is 5.75. The molecule has 0 aliphatic carbocycles. The number of benzene rings is 3. The van der Waals surface area contributed by atoms with Crippen molar-refractivity contribution in [2.45, 2.75) is 126 Å². The number of nitrogens with one attached hydrogen (secondary N) is 2. The molecule has 3 aromatic carbocycles. The molecule has 0 bridgehead atoms. The fourth-order valence-electron chi connectivity index (χ4n) is 5.48. The number of alkyl carbamates (subject to hydrolysis) is 2. The first-order chi connectivity index (χ1) is 28.5.